The van der Waals surface area contributed by atoms with Crippen LogP contribution in [0.2, 0.25) is 0 Å². The van der Waals surface area contributed by atoms with E-state index in [0.717, 1.165) is 37.6 Å². The Morgan fingerprint density at radius 1 is 1.35 bits per heavy atom. The first-order chi connectivity index (χ1) is 9.42. The summed E-state index contributed by atoms with van der Waals surface area (Å²) < 4.78 is 1.80. The van der Waals surface area contributed by atoms with Crippen molar-refractivity contribution in [1.29, 1.82) is 0 Å². The van der Waals surface area contributed by atoms with E-state index in [1.807, 2.05) is 28.1 Å². The number of nitrogens with two attached hydrogens (primary N) is 1. The summed E-state index contributed by atoms with van der Waals surface area (Å²) in [5.74, 6) is 1.01. The standard InChI is InChI=1S/C13H26N6O/c1-6-7-19(9-8-17(3)4)13-11(12(14)16-20)10(2)15-18(13)5/h20H,6-9H2,1-5H3,(H2,14,16). The maximum absolute atomic E-state index is 8.98. The van der Waals surface area contributed by atoms with Crippen molar-refractivity contribution in [2.45, 2.75) is 20.3 Å². The quantitative estimate of drug-likeness (QED) is 0.331. The zero-order chi connectivity index (χ0) is 15.3. The summed E-state index contributed by atoms with van der Waals surface area (Å²) in [4.78, 5) is 4.36. The molecule has 0 saturated heterocycles. The molecular weight excluding hydrogens is 256 g/mol. The molecule has 0 bridgehead atoms. The Bertz CT molecular complexity index is 466. The van der Waals surface area contributed by atoms with Crippen LogP contribution in [-0.2, 0) is 7.05 Å². The summed E-state index contributed by atoms with van der Waals surface area (Å²) in [6.07, 6.45) is 1.02. The van der Waals surface area contributed by atoms with Crippen LogP contribution in [0.25, 0.3) is 0 Å². The molecular formula is C13H26N6O. The molecule has 1 rings (SSSR count). The van der Waals surface area contributed by atoms with Gasteiger partial charge in [-0.1, -0.05) is 12.1 Å². The Balaban J connectivity index is 3.18. The molecule has 0 saturated carbocycles. The molecule has 0 atom stereocenters. The largest absolute Gasteiger partial charge is 0.409 e. The van der Waals surface area contributed by atoms with E-state index in [4.69, 9.17) is 10.9 Å². The number of rotatable bonds is 7. The molecule has 3 N–H and O–H groups in total. The Morgan fingerprint density at radius 2 is 2.00 bits per heavy atom. The van der Waals surface area contributed by atoms with Gasteiger partial charge in [0.25, 0.3) is 0 Å². The first-order valence-electron chi connectivity index (χ1n) is 6.83. The first-order valence-corrected chi connectivity index (χ1v) is 6.83. The van der Waals surface area contributed by atoms with Crippen LogP contribution in [0.4, 0.5) is 5.82 Å². The molecule has 0 amide bonds. The zero-order valence-corrected chi connectivity index (χ0v) is 13.1. The van der Waals surface area contributed by atoms with E-state index in [0.29, 0.717) is 5.56 Å². The van der Waals surface area contributed by atoms with Gasteiger partial charge in [-0.25, -0.2) is 0 Å². The first kappa shape index (κ1) is 16.3. The second-order valence-electron chi connectivity index (χ2n) is 5.18. The van der Waals surface area contributed by atoms with Gasteiger partial charge >= 0.3 is 0 Å². The summed E-state index contributed by atoms with van der Waals surface area (Å²) >= 11 is 0. The summed E-state index contributed by atoms with van der Waals surface area (Å²) in [7, 11) is 5.97. The number of aryl methyl sites for hydroxylation is 2. The van der Waals surface area contributed by atoms with Gasteiger partial charge in [-0.05, 0) is 27.4 Å². The molecule has 1 aromatic rings. The van der Waals surface area contributed by atoms with Gasteiger partial charge < -0.3 is 20.7 Å². The minimum Gasteiger partial charge on any atom is -0.409 e. The topological polar surface area (TPSA) is 82.9 Å². The normalized spacial score (nSPS) is 12.2. The van der Waals surface area contributed by atoms with Gasteiger partial charge in [-0.3, -0.25) is 4.68 Å². The third kappa shape index (κ3) is 3.63. The van der Waals surface area contributed by atoms with E-state index >= 15 is 0 Å². The van der Waals surface area contributed by atoms with E-state index in [1.54, 1.807) is 4.68 Å². The SMILES string of the molecule is CCCN(CCN(C)C)c1c(C(N)=NO)c(C)nn1C. The van der Waals surface area contributed by atoms with E-state index in [-0.39, 0.29) is 5.84 Å². The fourth-order valence-corrected chi connectivity index (χ4v) is 2.27. The second kappa shape index (κ2) is 7.14. The average Bonchev–Trinajstić information content (AvgIpc) is 2.68. The average molecular weight is 282 g/mol. The van der Waals surface area contributed by atoms with Crippen molar-refractivity contribution < 1.29 is 5.21 Å². The number of likely N-dealkylation sites (N-methyl/N-ethyl adjacent to an activating group) is 1. The lowest BCUT2D eigenvalue weighted by molar-refractivity contribution is 0.318. The van der Waals surface area contributed by atoms with Crippen LogP contribution in [0.5, 0.6) is 0 Å². The Morgan fingerprint density at radius 3 is 2.50 bits per heavy atom. The van der Waals surface area contributed by atoms with E-state index in [1.165, 1.54) is 0 Å². The maximum atomic E-state index is 8.98. The fraction of sp³-hybridized carbons (Fsp3) is 0.692. The molecule has 0 fully saturated rings. The molecule has 114 valence electrons. The highest BCUT2D eigenvalue weighted by molar-refractivity contribution is 6.02. The smallest absolute Gasteiger partial charge is 0.175 e. The molecule has 0 aliphatic heterocycles. The van der Waals surface area contributed by atoms with Crippen LogP contribution in [0.15, 0.2) is 5.16 Å². The van der Waals surface area contributed by atoms with Crippen molar-refractivity contribution >= 4 is 11.7 Å². The van der Waals surface area contributed by atoms with Gasteiger partial charge in [0.05, 0.1) is 11.3 Å². The number of hydrogen-bond donors (Lipinski definition) is 2. The predicted octanol–water partition coefficient (Wildman–Crippen LogP) is 0.601. The van der Waals surface area contributed by atoms with Crippen LogP contribution in [0, 0.1) is 6.92 Å². The van der Waals surface area contributed by atoms with E-state index in [9.17, 15) is 0 Å². The van der Waals surface area contributed by atoms with E-state index < -0.39 is 0 Å². The minimum absolute atomic E-state index is 0.108. The molecule has 7 heteroatoms. The van der Waals surface area contributed by atoms with Crippen molar-refractivity contribution in [2.75, 3.05) is 38.6 Å². The van der Waals surface area contributed by atoms with Crippen LogP contribution in [-0.4, -0.2) is 59.5 Å². The van der Waals surface area contributed by atoms with Crippen molar-refractivity contribution in [2.24, 2.45) is 17.9 Å². The van der Waals surface area contributed by atoms with Gasteiger partial charge in [0.1, 0.15) is 5.82 Å². The third-order valence-corrected chi connectivity index (χ3v) is 3.17. The molecule has 0 aliphatic carbocycles. The molecule has 20 heavy (non-hydrogen) atoms. The molecule has 0 aliphatic rings. The van der Waals surface area contributed by atoms with E-state index in [2.05, 4.69) is 27.0 Å². The van der Waals surface area contributed by atoms with Gasteiger partial charge in [-0.15, -0.1) is 0 Å². The molecule has 0 unspecified atom stereocenters. The van der Waals surface area contributed by atoms with Crippen molar-refractivity contribution in [3.63, 3.8) is 0 Å². The number of nitrogens with zero attached hydrogens (tertiary/aromatic N) is 5. The van der Waals surface area contributed by atoms with Gasteiger partial charge in [0.15, 0.2) is 5.84 Å². The monoisotopic (exact) mass is 282 g/mol. The van der Waals surface area contributed by atoms with Crippen molar-refractivity contribution in [3.8, 4) is 0 Å². The lowest BCUT2D eigenvalue weighted by Gasteiger charge is -2.26. The Labute approximate surface area is 120 Å². The molecule has 0 spiro atoms. The van der Waals surface area contributed by atoms with Gasteiger partial charge in [0, 0.05) is 26.7 Å². The van der Waals surface area contributed by atoms with Crippen LogP contribution in [0.3, 0.4) is 0 Å². The van der Waals surface area contributed by atoms with Crippen molar-refractivity contribution in [3.05, 3.63) is 11.3 Å². The van der Waals surface area contributed by atoms with Gasteiger partial charge in [0.2, 0.25) is 0 Å². The molecule has 1 heterocycles. The number of anilines is 1. The summed E-state index contributed by atoms with van der Waals surface area (Å²) in [6, 6.07) is 0. The number of hydrogen-bond acceptors (Lipinski definition) is 5. The number of oxime groups is 1. The molecule has 0 radical (unpaired) electrons. The maximum Gasteiger partial charge on any atom is 0.175 e. The highest BCUT2D eigenvalue weighted by Crippen LogP contribution is 2.23. The highest BCUT2D eigenvalue weighted by Gasteiger charge is 2.21. The third-order valence-electron chi connectivity index (χ3n) is 3.17. The second-order valence-corrected chi connectivity index (χ2v) is 5.18. The molecule has 7 nitrogen and oxygen atoms in total. The van der Waals surface area contributed by atoms with Gasteiger partial charge in [-0.2, -0.15) is 5.10 Å². The zero-order valence-electron chi connectivity index (χ0n) is 13.1. The van der Waals surface area contributed by atoms with Crippen LogP contribution in [0.1, 0.15) is 24.6 Å². The number of amidine groups is 1. The lowest BCUT2D eigenvalue weighted by Crippen LogP contribution is -2.35. The predicted molar refractivity (Wildman–Crippen MR) is 81.5 cm³/mol. The Hall–Kier alpha value is -1.76. The number of aromatic nitrogens is 2. The Kier molecular flexibility index (Phi) is 5.82. The minimum atomic E-state index is 0.108. The lowest BCUT2D eigenvalue weighted by atomic mass is 10.2. The fourth-order valence-electron chi connectivity index (χ4n) is 2.27. The summed E-state index contributed by atoms with van der Waals surface area (Å²) in [5, 5.41) is 16.5. The summed E-state index contributed by atoms with van der Waals surface area (Å²) in [5.41, 5.74) is 7.29. The molecule has 0 aromatic carbocycles. The highest BCUT2D eigenvalue weighted by atomic mass is 16.4. The van der Waals surface area contributed by atoms with Crippen molar-refractivity contribution in [1.82, 2.24) is 14.7 Å². The van der Waals surface area contributed by atoms with Crippen LogP contribution >= 0.6 is 0 Å². The van der Waals surface area contributed by atoms with Crippen LogP contribution < -0.4 is 10.6 Å². The molecule has 1 aromatic heterocycles. The summed E-state index contributed by atoms with van der Waals surface area (Å²) in [6.45, 7) is 6.70.